The number of hydrazone groups is 1. The van der Waals surface area contributed by atoms with E-state index in [1.807, 2.05) is 0 Å². The molecule has 0 unspecified atom stereocenters. The maximum absolute atomic E-state index is 12.4. The quantitative estimate of drug-likeness (QED) is 0.185. The highest BCUT2D eigenvalue weighted by Crippen LogP contribution is 2.31. The number of phenolic OH excluding ortho intramolecular Hbond substituents is 1. The van der Waals surface area contributed by atoms with E-state index in [1.54, 1.807) is 36.4 Å². The first-order valence-electron chi connectivity index (χ1n) is 8.71. The van der Waals surface area contributed by atoms with Crippen molar-refractivity contribution in [3.63, 3.8) is 0 Å². The maximum atomic E-state index is 12.4. The Morgan fingerprint density at radius 2 is 1.83 bits per heavy atom. The number of hydrogen-bond donors (Lipinski definition) is 3. The van der Waals surface area contributed by atoms with Crippen molar-refractivity contribution in [2.45, 2.75) is 4.90 Å². The fourth-order valence-electron chi connectivity index (χ4n) is 2.96. The normalized spacial score (nSPS) is 12.0. The lowest BCUT2D eigenvalue weighted by molar-refractivity contribution is 0.0961. The molecule has 1 aromatic heterocycles. The zero-order valence-electron chi connectivity index (χ0n) is 15.3. The first-order valence-corrected chi connectivity index (χ1v) is 10.2. The van der Waals surface area contributed by atoms with Gasteiger partial charge in [0.1, 0.15) is 22.7 Å². The second-order valence-corrected chi connectivity index (χ2v) is 7.73. The first-order chi connectivity index (χ1) is 14.3. The van der Waals surface area contributed by atoms with Crippen LogP contribution in [-0.2, 0) is 10.1 Å². The van der Waals surface area contributed by atoms with Crippen LogP contribution in [0.5, 0.6) is 5.75 Å². The number of hydrogen-bond acceptors (Lipinski definition) is 8. The van der Waals surface area contributed by atoms with Gasteiger partial charge in [-0.2, -0.15) is 13.5 Å². The molecule has 0 fully saturated rings. The van der Waals surface area contributed by atoms with Crippen LogP contribution in [-0.4, -0.2) is 41.6 Å². The Morgan fingerprint density at radius 3 is 2.57 bits per heavy atom. The number of Topliss-reactive ketones (excluding diaryl/α,β-unsaturated/α-hetero) is 1. The van der Waals surface area contributed by atoms with E-state index in [9.17, 15) is 22.9 Å². The van der Waals surface area contributed by atoms with Crippen LogP contribution in [0, 0.1) is 0 Å². The number of oxazole rings is 1. The molecule has 152 valence electrons. The first kappa shape index (κ1) is 19.6. The van der Waals surface area contributed by atoms with Crippen molar-refractivity contribution in [3.8, 4) is 5.75 Å². The molecule has 0 spiro atoms. The van der Waals surface area contributed by atoms with Crippen LogP contribution in [0.25, 0.3) is 21.9 Å². The van der Waals surface area contributed by atoms with Crippen LogP contribution < -0.4 is 5.43 Å². The van der Waals surface area contributed by atoms with Gasteiger partial charge in [-0.1, -0.05) is 36.4 Å². The monoisotopic (exact) mass is 425 g/mol. The Labute approximate surface area is 170 Å². The molecule has 3 aromatic carbocycles. The SMILES string of the molecule is O=C(CN/N=C/c1ccccc1O)c1nc2c(cc(S(=O)(=O)O)c3ccccc32)o1. The summed E-state index contributed by atoms with van der Waals surface area (Å²) in [5, 5.41) is 14.2. The number of nitrogens with one attached hydrogen (secondary N) is 1. The number of carbonyl (C=O) groups is 1. The van der Waals surface area contributed by atoms with Gasteiger partial charge in [-0.25, -0.2) is 4.98 Å². The molecular formula is C20H15N3O6S. The summed E-state index contributed by atoms with van der Waals surface area (Å²) in [6.45, 7) is -0.236. The lowest BCUT2D eigenvalue weighted by atomic mass is 10.1. The van der Waals surface area contributed by atoms with E-state index in [2.05, 4.69) is 15.5 Å². The van der Waals surface area contributed by atoms with Crippen molar-refractivity contribution in [1.82, 2.24) is 10.4 Å². The molecule has 10 heteroatoms. The van der Waals surface area contributed by atoms with Crippen molar-refractivity contribution in [1.29, 1.82) is 0 Å². The average Bonchev–Trinajstić information content (AvgIpc) is 3.16. The van der Waals surface area contributed by atoms with Gasteiger partial charge >= 0.3 is 0 Å². The molecule has 4 rings (SSSR count). The van der Waals surface area contributed by atoms with E-state index in [0.717, 1.165) is 6.07 Å². The number of aromatic nitrogens is 1. The average molecular weight is 425 g/mol. The van der Waals surface area contributed by atoms with Gasteiger partial charge < -0.3 is 14.9 Å². The molecule has 9 nitrogen and oxygen atoms in total. The fraction of sp³-hybridized carbons (Fsp3) is 0.0500. The second kappa shape index (κ2) is 7.58. The molecule has 0 aliphatic carbocycles. The van der Waals surface area contributed by atoms with E-state index in [4.69, 9.17) is 4.42 Å². The van der Waals surface area contributed by atoms with Crippen LogP contribution in [0.15, 0.2) is 69.0 Å². The Kier molecular flexibility index (Phi) is 4.94. The summed E-state index contributed by atoms with van der Waals surface area (Å²) in [5.41, 5.74) is 3.39. The van der Waals surface area contributed by atoms with Crippen LogP contribution in [0.4, 0.5) is 0 Å². The van der Waals surface area contributed by atoms with Gasteiger partial charge in [0.25, 0.3) is 16.0 Å². The second-order valence-electron chi connectivity index (χ2n) is 6.34. The summed E-state index contributed by atoms with van der Waals surface area (Å²) in [4.78, 5) is 16.3. The number of rotatable bonds is 6. The number of para-hydroxylation sites is 1. The molecule has 0 aliphatic heterocycles. The van der Waals surface area contributed by atoms with Gasteiger partial charge in [0.15, 0.2) is 5.58 Å². The predicted octanol–water partition coefficient (Wildman–Crippen LogP) is 2.74. The third-order valence-corrected chi connectivity index (χ3v) is 5.24. The van der Waals surface area contributed by atoms with Crippen LogP contribution in [0.3, 0.4) is 0 Å². The molecule has 0 saturated carbocycles. The molecule has 0 saturated heterocycles. The third-order valence-electron chi connectivity index (χ3n) is 4.35. The zero-order valence-corrected chi connectivity index (χ0v) is 16.1. The molecule has 30 heavy (non-hydrogen) atoms. The predicted molar refractivity (Wildman–Crippen MR) is 109 cm³/mol. The highest BCUT2D eigenvalue weighted by molar-refractivity contribution is 7.86. The van der Waals surface area contributed by atoms with Gasteiger partial charge in [-0.15, -0.1) is 0 Å². The Morgan fingerprint density at radius 1 is 1.13 bits per heavy atom. The van der Waals surface area contributed by atoms with Crippen molar-refractivity contribution >= 4 is 44.0 Å². The highest BCUT2D eigenvalue weighted by atomic mass is 32.2. The maximum Gasteiger partial charge on any atom is 0.295 e. The van der Waals surface area contributed by atoms with Crippen LogP contribution >= 0.6 is 0 Å². The van der Waals surface area contributed by atoms with Crippen LogP contribution in [0.1, 0.15) is 16.2 Å². The molecular weight excluding hydrogens is 410 g/mol. The zero-order chi connectivity index (χ0) is 21.3. The lowest BCUT2D eigenvalue weighted by Gasteiger charge is -2.03. The van der Waals surface area contributed by atoms with Gasteiger partial charge in [0, 0.05) is 22.4 Å². The number of ketones is 1. The Hall–Kier alpha value is -3.76. The van der Waals surface area contributed by atoms with E-state index in [0.29, 0.717) is 16.5 Å². The minimum atomic E-state index is -4.50. The smallest absolute Gasteiger partial charge is 0.295 e. The molecule has 0 bridgehead atoms. The van der Waals surface area contributed by atoms with Gasteiger partial charge in [0.05, 0.1) is 6.21 Å². The number of nitrogens with zero attached hydrogens (tertiary/aromatic N) is 2. The topological polar surface area (TPSA) is 142 Å². The summed E-state index contributed by atoms with van der Waals surface area (Å²) >= 11 is 0. The summed E-state index contributed by atoms with van der Waals surface area (Å²) in [6.07, 6.45) is 1.36. The van der Waals surface area contributed by atoms with Gasteiger partial charge in [-0.05, 0) is 12.1 Å². The van der Waals surface area contributed by atoms with E-state index >= 15 is 0 Å². The van der Waals surface area contributed by atoms with E-state index < -0.39 is 15.9 Å². The van der Waals surface area contributed by atoms with E-state index in [1.165, 1.54) is 18.3 Å². The number of fused-ring (bicyclic) bond motifs is 3. The molecule has 1 heterocycles. The third kappa shape index (κ3) is 3.73. The highest BCUT2D eigenvalue weighted by Gasteiger charge is 2.21. The number of benzene rings is 3. The largest absolute Gasteiger partial charge is 0.507 e. The van der Waals surface area contributed by atoms with Crippen molar-refractivity contribution in [2.24, 2.45) is 5.10 Å². The van der Waals surface area contributed by atoms with Gasteiger partial charge in [-0.3, -0.25) is 9.35 Å². The summed E-state index contributed by atoms with van der Waals surface area (Å²) in [5.74, 6) is -0.694. The Balaban J connectivity index is 1.61. The van der Waals surface area contributed by atoms with Crippen LogP contribution in [0.2, 0.25) is 0 Å². The van der Waals surface area contributed by atoms with E-state index in [-0.39, 0.29) is 34.0 Å². The van der Waals surface area contributed by atoms with Crippen molar-refractivity contribution in [2.75, 3.05) is 6.54 Å². The van der Waals surface area contributed by atoms with Gasteiger partial charge in [0.2, 0.25) is 5.78 Å². The van der Waals surface area contributed by atoms with Crippen molar-refractivity contribution < 1.29 is 27.3 Å². The minimum absolute atomic E-state index is 0.0508. The lowest BCUT2D eigenvalue weighted by Crippen LogP contribution is -2.18. The number of aromatic hydroxyl groups is 1. The molecule has 0 atom stereocenters. The molecule has 0 amide bonds. The fourth-order valence-corrected chi connectivity index (χ4v) is 3.67. The number of phenols is 1. The molecule has 0 radical (unpaired) electrons. The number of carbonyl (C=O) groups excluding carboxylic acids is 1. The standard InChI is InChI=1S/C20H15N3O6S/c24-15-8-4-1-5-12(15)10-21-22-11-16(25)20-23-19-14-7-3-2-6-13(14)18(30(26,27)28)9-17(19)29-20/h1-10,22,24H,11H2,(H,26,27,28)/b21-10+. The minimum Gasteiger partial charge on any atom is -0.507 e. The Bertz CT molecular complexity index is 1410. The molecule has 0 aliphatic rings. The summed E-state index contributed by atoms with van der Waals surface area (Å²) in [7, 11) is -4.50. The summed E-state index contributed by atoms with van der Waals surface area (Å²) in [6, 6.07) is 14.2. The molecule has 4 aromatic rings. The van der Waals surface area contributed by atoms with Crippen molar-refractivity contribution in [3.05, 3.63) is 66.1 Å². The molecule has 3 N–H and O–H groups in total. The summed E-state index contributed by atoms with van der Waals surface area (Å²) < 4.78 is 38.4.